The molecule has 2 aromatic rings. The molecule has 0 saturated heterocycles. The lowest BCUT2D eigenvalue weighted by atomic mass is 10.1. The molecule has 0 aliphatic carbocycles. The number of aromatic nitrogens is 1. The maximum Gasteiger partial charge on any atom is 0.257 e. The van der Waals surface area contributed by atoms with Crippen LogP contribution in [0.25, 0.3) is 0 Å². The highest BCUT2D eigenvalue weighted by Gasteiger charge is 2.12. The summed E-state index contributed by atoms with van der Waals surface area (Å²) in [7, 11) is 0. The summed E-state index contributed by atoms with van der Waals surface area (Å²) in [4.78, 5) is 28.3. The highest BCUT2D eigenvalue weighted by Crippen LogP contribution is 2.25. The van der Waals surface area contributed by atoms with Gasteiger partial charge in [0.1, 0.15) is 0 Å². The number of halogens is 2. The van der Waals surface area contributed by atoms with Crippen molar-refractivity contribution < 1.29 is 9.59 Å². The maximum absolute atomic E-state index is 12.3. The number of anilines is 1. The van der Waals surface area contributed by atoms with Gasteiger partial charge in [-0.3, -0.25) is 14.6 Å². The molecular weight excluding hydrogens is 349 g/mol. The molecule has 2 N–H and O–H groups in total. The van der Waals surface area contributed by atoms with Gasteiger partial charge in [0.15, 0.2) is 0 Å². The Labute approximate surface area is 150 Å². The molecule has 2 amide bonds. The summed E-state index contributed by atoms with van der Waals surface area (Å²) in [5.41, 5.74) is 1.04. The molecule has 126 valence electrons. The number of carbonyl (C=O) groups excluding carboxylic acids is 2. The van der Waals surface area contributed by atoms with Crippen LogP contribution in [0.15, 0.2) is 36.7 Å². The average Bonchev–Trinajstić information content (AvgIpc) is 2.57. The maximum atomic E-state index is 12.3. The minimum Gasteiger partial charge on any atom is -0.352 e. The second kappa shape index (κ2) is 8.66. The Morgan fingerprint density at radius 2 is 1.79 bits per heavy atom. The number of hydrogen-bond acceptors (Lipinski definition) is 3. The van der Waals surface area contributed by atoms with Crippen molar-refractivity contribution in [3.8, 4) is 0 Å². The van der Waals surface area contributed by atoms with Crippen molar-refractivity contribution in [1.82, 2.24) is 10.3 Å². The first-order valence-corrected chi connectivity index (χ1v) is 8.26. The standard InChI is InChI=1S/C17H17Cl2N3O2/c1-2-3-6-21-16(23)11-7-12(10-20-9-11)17(24)22-15-5-4-13(18)8-14(15)19/h4-5,7-10H,2-3,6H2,1H3,(H,21,23)(H,22,24). The van der Waals surface area contributed by atoms with Gasteiger partial charge in [0.05, 0.1) is 21.8 Å². The Kier molecular flexibility index (Phi) is 6.58. The molecule has 1 aromatic heterocycles. The summed E-state index contributed by atoms with van der Waals surface area (Å²) in [5.74, 6) is -0.662. The molecule has 1 heterocycles. The van der Waals surface area contributed by atoms with Crippen LogP contribution in [-0.2, 0) is 0 Å². The zero-order chi connectivity index (χ0) is 17.5. The van der Waals surface area contributed by atoms with Gasteiger partial charge < -0.3 is 10.6 Å². The smallest absolute Gasteiger partial charge is 0.257 e. The minimum atomic E-state index is -0.407. The third kappa shape index (κ3) is 4.94. The van der Waals surface area contributed by atoms with E-state index in [0.717, 1.165) is 12.8 Å². The van der Waals surface area contributed by atoms with Gasteiger partial charge in [-0.05, 0) is 30.7 Å². The second-order valence-corrected chi connectivity index (χ2v) is 5.99. The molecule has 0 spiro atoms. The number of unbranched alkanes of at least 4 members (excludes halogenated alkanes) is 1. The van der Waals surface area contributed by atoms with Crippen LogP contribution in [0.5, 0.6) is 0 Å². The summed E-state index contributed by atoms with van der Waals surface area (Å²) in [6, 6.07) is 6.26. The second-order valence-electron chi connectivity index (χ2n) is 5.15. The largest absolute Gasteiger partial charge is 0.352 e. The van der Waals surface area contributed by atoms with Crippen LogP contribution >= 0.6 is 23.2 Å². The van der Waals surface area contributed by atoms with E-state index in [2.05, 4.69) is 15.6 Å². The van der Waals surface area contributed by atoms with Crippen molar-refractivity contribution in [3.63, 3.8) is 0 Å². The van der Waals surface area contributed by atoms with Gasteiger partial charge >= 0.3 is 0 Å². The van der Waals surface area contributed by atoms with Crippen molar-refractivity contribution in [2.75, 3.05) is 11.9 Å². The number of carbonyl (C=O) groups is 2. The van der Waals surface area contributed by atoms with Gasteiger partial charge in [-0.1, -0.05) is 36.5 Å². The summed E-state index contributed by atoms with van der Waals surface area (Å²) in [5, 5.41) is 6.26. The van der Waals surface area contributed by atoms with Gasteiger partial charge in [-0.2, -0.15) is 0 Å². The van der Waals surface area contributed by atoms with Gasteiger partial charge in [0.25, 0.3) is 11.8 Å². The van der Waals surface area contributed by atoms with E-state index in [1.54, 1.807) is 12.1 Å². The number of hydrogen-bond donors (Lipinski definition) is 2. The first kappa shape index (κ1) is 18.2. The molecule has 0 saturated carbocycles. The zero-order valence-electron chi connectivity index (χ0n) is 13.1. The monoisotopic (exact) mass is 365 g/mol. The zero-order valence-corrected chi connectivity index (χ0v) is 14.6. The third-order valence-corrected chi connectivity index (χ3v) is 3.81. The Bertz CT molecular complexity index is 750. The molecule has 1 aromatic carbocycles. The Hall–Kier alpha value is -2.11. The van der Waals surface area contributed by atoms with Gasteiger partial charge in [-0.15, -0.1) is 0 Å². The fourth-order valence-electron chi connectivity index (χ4n) is 1.95. The van der Waals surface area contributed by atoms with Gasteiger partial charge in [-0.25, -0.2) is 0 Å². The number of nitrogens with one attached hydrogen (secondary N) is 2. The third-order valence-electron chi connectivity index (χ3n) is 3.26. The number of benzene rings is 1. The predicted octanol–water partition coefficient (Wildman–Crippen LogP) is 4.17. The van der Waals surface area contributed by atoms with Crippen molar-refractivity contribution in [2.45, 2.75) is 19.8 Å². The first-order chi connectivity index (χ1) is 11.5. The lowest BCUT2D eigenvalue weighted by molar-refractivity contribution is 0.0953. The van der Waals surface area contributed by atoms with Crippen molar-refractivity contribution in [2.24, 2.45) is 0 Å². The summed E-state index contributed by atoms with van der Waals surface area (Å²) in [6.45, 7) is 2.63. The van der Waals surface area contributed by atoms with Crippen LogP contribution in [0.3, 0.4) is 0 Å². The van der Waals surface area contributed by atoms with Gasteiger partial charge in [0.2, 0.25) is 0 Å². The summed E-state index contributed by atoms with van der Waals surface area (Å²) < 4.78 is 0. The van der Waals surface area contributed by atoms with E-state index >= 15 is 0 Å². The van der Waals surface area contributed by atoms with Crippen LogP contribution in [-0.4, -0.2) is 23.3 Å². The lowest BCUT2D eigenvalue weighted by Crippen LogP contribution is -2.25. The molecule has 5 nitrogen and oxygen atoms in total. The molecule has 2 rings (SSSR count). The van der Waals surface area contributed by atoms with Crippen molar-refractivity contribution in [1.29, 1.82) is 0 Å². The molecule has 24 heavy (non-hydrogen) atoms. The van der Waals surface area contributed by atoms with Crippen LogP contribution in [0.1, 0.15) is 40.5 Å². The first-order valence-electron chi connectivity index (χ1n) is 7.51. The number of pyridine rings is 1. The Morgan fingerprint density at radius 1 is 1.08 bits per heavy atom. The molecular formula is C17H17Cl2N3O2. The van der Waals surface area contributed by atoms with Crippen molar-refractivity contribution in [3.05, 3.63) is 57.8 Å². The molecule has 7 heteroatoms. The molecule has 0 aliphatic rings. The number of amides is 2. The minimum absolute atomic E-state index is 0.255. The summed E-state index contributed by atoms with van der Waals surface area (Å²) >= 11 is 11.9. The fourth-order valence-corrected chi connectivity index (χ4v) is 2.41. The molecule has 0 radical (unpaired) electrons. The van der Waals surface area contributed by atoms with E-state index in [0.29, 0.717) is 27.8 Å². The Morgan fingerprint density at radius 3 is 2.46 bits per heavy atom. The Balaban J connectivity index is 2.09. The quantitative estimate of drug-likeness (QED) is 0.754. The van der Waals surface area contributed by atoms with Crippen LogP contribution in [0, 0.1) is 0 Å². The topological polar surface area (TPSA) is 71.1 Å². The van der Waals surface area contributed by atoms with Crippen LogP contribution < -0.4 is 10.6 Å². The van der Waals surface area contributed by atoms with Crippen LogP contribution in [0.2, 0.25) is 10.0 Å². The lowest BCUT2D eigenvalue weighted by Gasteiger charge is -2.09. The fraction of sp³-hybridized carbons (Fsp3) is 0.235. The molecule has 0 bridgehead atoms. The average molecular weight is 366 g/mol. The van der Waals surface area contributed by atoms with E-state index in [-0.39, 0.29) is 11.5 Å². The normalized spacial score (nSPS) is 10.3. The van der Waals surface area contributed by atoms with Gasteiger partial charge in [0, 0.05) is 24.0 Å². The molecule has 0 atom stereocenters. The van der Waals surface area contributed by atoms with Crippen molar-refractivity contribution >= 4 is 40.7 Å². The van der Waals surface area contributed by atoms with E-state index in [4.69, 9.17) is 23.2 Å². The molecule has 0 unspecified atom stereocenters. The van der Waals surface area contributed by atoms with E-state index < -0.39 is 5.91 Å². The van der Waals surface area contributed by atoms with E-state index in [9.17, 15) is 9.59 Å². The van der Waals surface area contributed by atoms with E-state index in [1.807, 2.05) is 6.92 Å². The number of rotatable bonds is 6. The van der Waals surface area contributed by atoms with Crippen LogP contribution in [0.4, 0.5) is 5.69 Å². The highest BCUT2D eigenvalue weighted by atomic mass is 35.5. The predicted molar refractivity (Wildman–Crippen MR) is 95.9 cm³/mol. The van der Waals surface area contributed by atoms with E-state index in [1.165, 1.54) is 24.5 Å². The number of nitrogens with zero attached hydrogens (tertiary/aromatic N) is 1. The summed E-state index contributed by atoms with van der Waals surface area (Å²) in [6.07, 6.45) is 4.70. The molecule has 0 aliphatic heterocycles. The highest BCUT2D eigenvalue weighted by molar-refractivity contribution is 6.36. The molecule has 0 fully saturated rings. The SMILES string of the molecule is CCCCNC(=O)c1cncc(C(=O)Nc2ccc(Cl)cc2Cl)c1.